The summed E-state index contributed by atoms with van der Waals surface area (Å²) in [5.41, 5.74) is -0.0407. The molecule has 0 amide bonds. The normalized spacial score (nSPS) is 32.3. The van der Waals surface area contributed by atoms with Gasteiger partial charge in [0.15, 0.2) is 0 Å². The van der Waals surface area contributed by atoms with Crippen LogP contribution in [0.2, 0.25) is 0 Å². The highest BCUT2D eigenvalue weighted by Gasteiger charge is 2.39. The number of piperazine rings is 1. The molecule has 2 fully saturated rings. The molecule has 0 radical (unpaired) electrons. The zero-order valence-electron chi connectivity index (χ0n) is 13.0. The number of aliphatic hydroxyl groups is 1. The molecule has 124 valence electrons. The summed E-state index contributed by atoms with van der Waals surface area (Å²) in [6, 6.07) is 0. The third kappa shape index (κ3) is 4.83. The smallest absolute Gasteiger partial charge is 0.392 e. The van der Waals surface area contributed by atoms with Gasteiger partial charge in [-0.25, -0.2) is 0 Å². The quantitative estimate of drug-likeness (QED) is 0.867. The van der Waals surface area contributed by atoms with Crippen molar-refractivity contribution >= 4 is 0 Å². The molecule has 2 atom stereocenters. The molecule has 1 aliphatic heterocycles. The number of halogens is 3. The summed E-state index contributed by atoms with van der Waals surface area (Å²) < 4.78 is 37.1. The lowest BCUT2D eigenvalue weighted by molar-refractivity contribution is -0.149. The van der Waals surface area contributed by atoms with Crippen LogP contribution in [-0.4, -0.2) is 66.5 Å². The molecule has 3 nitrogen and oxygen atoms in total. The average molecular weight is 308 g/mol. The van der Waals surface area contributed by atoms with Gasteiger partial charge in [0, 0.05) is 32.7 Å². The summed E-state index contributed by atoms with van der Waals surface area (Å²) in [5, 5.41) is 10.4. The highest BCUT2D eigenvalue weighted by Crippen LogP contribution is 2.39. The molecular formula is C15H27F3N2O. The van der Waals surface area contributed by atoms with E-state index in [1.165, 1.54) is 4.90 Å². The van der Waals surface area contributed by atoms with E-state index >= 15 is 0 Å². The standard InChI is InChI=1S/C15H27F3N2O/c1-14(2)5-3-4-12(13(14)21)10-19-6-8-20(9-7-19)11-15(16,17)18/h12-13,21H,3-11H2,1-2H3. The predicted molar refractivity (Wildman–Crippen MR) is 76.1 cm³/mol. The first-order valence-corrected chi connectivity index (χ1v) is 7.87. The fourth-order valence-electron chi connectivity index (χ4n) is 3.67. The number of rotatable bonds is 3. The number of aliphatic hydroxyl groups excluding tert-OH is 1. The van der Waals surface area contributed by atoms with Crippen LogP contribution >= 0.6 is 0 Å². The van der Waals surface area contributed by atoms with Gasteiger partial charge in [0.05, 0.1) is 12.6 Å². The van der Waals surface area contributed by atoms with Crippen molar-refractivity contribution in [1.82, 2.24) is 9.80 Å². The largest absolute Gasteiger partial charge is 0.401 e. The second kappa shape index (κ2) is 6.42. The van der Waals surface area contributed by atoms with Crippen LogP contribution in [0.4, 0.5) is 13.2 Å². The van der Waals surface area contributed by atoms with Crippen molar-refractivity contribution in [2.45, 2.75) is 45.4 Å². The first kappa shape index (κ1) is 17.0. The highest BCUT2D eigenvalue weighted by atomic mass is 19.4. The molecule has 0 aromatic carbocycles. The van der Waals surface area contributed by atoms with Crippen LogP contribution < -0.4 is 0 Å². The fourth-order valence-corrected chi connectivity index (χ4v) is 3.67. The second-order valence-corrected chi connectivity index (χ2v) is 7.28. The summed E-state index contributed by atoms with van der Waals surface area (Å²) >= 11 is 0. The van der Waals surface area contributed by atoms with Crippen LogP contribution in [0.1, 0.15) is 33.1 Å². The van der Waals surface area contributed by atoms with Gasteiger partial charge < -0.3 is 10.0 Å². The molecule has 1 N–H and O–H groups in total. The molecule has 1 saturated carbocycles. The molecule has 0 bridgehead atoms. The Morgan fingerprint density at radius 2 is 1.67 bits per heavy atom. The van der Waals surface area contributed by atoms with E-state index in [4.69, 9.17) is 0 Å². The van der Waals surface area contributed by atoms with E-state index in [1.807, 2.05) is 0 Å². The van der Waals surface area contributed by atoms with Gasteiger partial charge in [-0.1, -0.05) is 20.3 Å². The van der Waals surface area contributed by atoms with Gasteiger partial charge in [0.2, 0.25) is 0 Å². The van der Waals surface area contributed by atoms with Crippen molar-refractivity contribution < 1.29 is 18.3 Å². The minimum absolute atomic E-state index is 0.0407. The summed E-state index contributed by atoms with van der Waals surface area (Å²) in [6.45, 7) is 6.47. The van der Waals surface area contributed by atoms with E-state index < -0.39 is 12.7 Å². The monoisotopic (exact) mass is 308 g/mol. The van der Waals surface area contributed by atoms with Gasteiger partial charge >= 0.3 is 6.18 Å². The van der Waals surface area contributed by atoms with Crippen molar-refractivity contribution in [3.8, 4) is 0 Å². The van der Waals surface area contributed by atoms with E-state index in [9.17, 15) is 18.3 Å². The Balaban J connectivity index is 1.78. The Morgan fingerprint density at radius 3 is 2.24 bits per heavy atom. The number of alkyl halides is 3. The topological polar surface area (TPSA) is 26.7 Å². The fraction of sp³-hybridized carbons (Fsp3) is 1.00. The van der Waals surface area contributed by atoms with Gasteiger partial charge in [-0.15, -0.1) is 0 Å². The van der Waals surface area contributed by atoms with Crippen molar-refractivity contribution in [3.63, 3.8) is 0 Å². The van der Waals surface area contributed by atoms with E-state index in [0.29, 0.717) is 26.2 Å². The van der Waals surface area contributed by atoms with Gasteiger partial charge in [0.25, 0.3) is 0 Å². The number of nitrogens with zero attached hydrogens (tertiary/aromatic N) is 2. The molecule has 0 aromatic rings. The Bertz CT molecular complexity index is 338. The van der Waals surface area contributed by atoms with Gasteiger partial charge in [-0.05, 0) is 24.2 Å². The maximum absolute atomic E-state index is 12.4. The van der Waals surface area contributed by atoms with Crippen LogP contribution in [0.15, 0.2) is 0 Å². The highest BCUT2D eigenvalue weighted by molar-refractivity contribution is 4.90. The lowest BCUT2D eigenvalue weighted by Crippen LogP contribution is -2.52. The summed E-state index contributed by atoms with van der Waals surface area (Å²) in [4.78, 5) is 3.68. The van der Waals surface area contributed by atoms with E-state index in [2.05, 4.69) is 18.7 Å². The van der Waals surface area contributed by atoms with Crippen molar-refractivity contribution in [2.75, 3.05) is 39.3 Å². The van der Waals surface area contributed by atoms with Gasteiger partial charge in [-0.2, -0.15) is 13.2 Å². The third-order valence-electron chi connectivity index (χ3n) is 5.00. The van der Waals surface area contributed by atoms with Crippen LogP contribution in [0.25, 0.3) is 0 Å². The zero-order valence-corrected chi connectivity index (χ0v) is 13.0. The lowest BCUT2D eigenvalue weighted by Gasteiger charge is -2.44. The van der Waals surface area contributed by atoms with Gasteiger partial charge in [-0.3, -0.25) is 4.90 Å². The summed E-state index contributed by atoms with van der Waals surface area (Å²) in [5.74, 6) is 0.253. The Hall–Kier alpha value is -0.330. The van der Waals surface area contributed by atoms with E-state index in [0.717, 1.165) is 25.8 Å². The van der Waals surface area contributed by atoms with Gasteiger partial charge in [0.1, 0.15) is 0 Å². The third-order valence-corrected chi connectivity index (χ3v) is 5.00. The molecule has 2 rings (SSSR count). The maximum atomic E-state index is 12.4. The first-order valence-electron chi connectivity index (χ1n) is 7.87. The van der Waals surface area contributed by atoms with E-state index in [-0.39, 0.29) is 17.4 Å². The van der Waals surface area contributed by atoms with Crippen LogP contribution in [0, 0.1) is 11.3 Å². The average Bonchev–Trinajstić information content (AvgIpc) is 2.35. The molecule has 0 spiro atoms. The van der Waals surface area contributed by atoms with Crippen molar-refractivity contribution in [2.24, 2.45) is 11.3 Å². The summed E-state index contributed by atoms with van der Waals surface area (Å²) in [6.07, 6.45) is -1.22. The Kier molecular flexibility index (Phi) is 5.21. The SMILES string of the molecule is CC1(C)CCCC(CN2CCN(CC(F)(F)F)CC2)C1O. The molecule has 1 saturated heterocycles. The predicted octanol–water partition coefficient (Wildman–Crippen LogP) is 2.35. The van der Waals surface area contributed by atoms with Crippen molar-refractivity contribution in [1.29, 1.82) is 0 Å². The van der Waals surface area contributed by atoms with Crippen LogP contribution in [0.5, 0.6) is 0 Å². The molecule has 0 aromatic heterocycles. The van der Waals surface area contributed by atoms with Crippen molar-refractivity contribution in [3.05, 3.63) is 0 Å². The Labute approximate surface area is 125 Å². The molecule has 21 heavy (non-hydrogen) atoms. The Morgan fingerprint density at radius 1 is 1.10 bits per heavy atom. The lowest BCUT2D eigenvalue weighted by atomic mass is 9.69. The minimum atomic E-state index is -4.11. The van der Waals surface area contributed by atoms with E-state index in [1.54, 1.807) is 0 Å². The summed E-state index contributed by atoms with van der Waals surface area (Å²) in [7, 11) is 0. The molecule has 2 unspecified atom stereocenters. The van der Waals surface area contributed by atoms with Crippen LogP contribution in [0.3, 0.4) is 0 Å². The molecular weight excluding hydrogens is 281 g/mol. The van der Waals surface area contributed by atoms with Crippen LogP contribution in [-0.2, 0) is 0 Å². The second-order valence-electron chi connectivity index (χ2n) is 7.28. The zero-order chi connectivity index (χ0) is 15.7. The molecule has 1 heterocycles. The minimum Gasteiger partial charge on any atom is -0.392 e. The maximum Gasteiger partial charge on any atom is 0.401 e. The first-order chi connectivity index (χ1) is 9.67. The number of hydrogen-bond acceptors (Lipinski definition) is 3. The molecule has 2 aliphatic rings. The number of hydrogen-bond donors (Lipinski definition) is 1. The molecule has 6 heteroatoms. The molecule has 1 aliphatic carbocycles.